The lowest BCUT2D eigenvalue weighted by Crippen LogP contribution is -2.34. The molecule has 96 valence electrons. The fourth-order valence-corrected chi connectivity index (χ4v) is 2.92. The van der Waals surface area contributed by atoms with Crippen molar-refractivity contribution in [1.29, 1.82) is 0 Å². The van der Waals surface area contributed by atoms with E-state index in [0.29, 0.717) is 12.8 Å². The molecule has 0 unspecified atom stereocenters. The van der Waals surface area contributed by atoms with Gasteiger partial charge in [-0.25, -0.2) is 0 Å². The van der Waals surface area contributed by atoms with E-state index in [1.54, 1.807) is 6.08 Å². The van der Waals surface area contributed by atoms with Gasteiger partial charge in [0.2, 0.25) is 5.91 Å². The van der Waals surface area contributed by atoms with E-state index in [0.717, 1.165) is 11.3 Å². The number of nitrogens with one attached hydrogen (secondary N) is 1. The Kier molecular flexibility index (Phi) is 2.63. The normalized spacial score (nSPS) is 28.5. The summed E-state index contributed by atoms with van der Waals surface area (Å²) < 4.78 is 0. The van der Waals surface area contributed by atoms with Crippen molar-refractivity contribution in [1.82, 2.24) is 0 Å². The molecule has 1 aromatic carbocycles. The standard InChI is InChI=1S/C16H15NO2/c1-11-9-16(8-7-14(18)13(11)10-16)15(19)17-12-5-3-2-4-6-12/h2-8,13H,1,9-10H2,(H,17,19)/t13-,16+/m1/s1. The second-order valence-electron chi connectivity index (χ2n) is 5.30. The van der Waals surface area contributed by atoms with Crippen LogP contribution in [0.25, 0.3) is 0 Å². The van der Waals surface area contributed by atoms with Crippen LogP contribution in [0.5, 0.6) is 0 Å². The van der Waals surface area contributed by atoms with Crippen molar-refractivity contribution in [3.63, 3.8) is 0 Å². The number of anilines is 1. The molecule has 0 saturated heterocycles. The van der Waals surface area contributed by atoms with Crippen LogP contribution in [0.4, 0.5) is 5.69 Å². The summed E-state index contributed by atoms with van der Waals surface area (Å²) in [5, 5.41) is 2.92. The average molecular weight is 253 g/mol. The Morgan fingerprint density at radius 1 is 1.32 bits per heavy atom. The van der Waals surface area contributed by atoms with Gasteiger partial charge in [-0.15, -0.1) is 0 Å². The minimum absolute atomic E-state index is 0.0499. The molecule has 3 rings (SSSR count). The van der Waals surface area contributed by atoms with E-state index in [1.807, 2.05) is 30.3 Å². The van der Waals surface area contributed by atoms with Crippen molar-refractivity contribution in [3.05, 3.63) is 54.6 Å². The van der Waals surface area contributed by atoms with E-state index in [2.05, 4.69) is 11.9 Å². The molecule has 3 heteroatoms. The molecule has 1 amide bonds. The predicted molar refractivity (Wildman–Crippen MR) is 73.5 cm³/mol. The zero-order valence-corrected chi connectivity index (χ0v) is 10.6. The van der Waals surface area contributed by atoms with Crippen LogP contribution in [-0.4, -0.2) is 11.7 Å². The van der Waals surface area contributed by atoms with Crippen LogP contribution in [0.2, 0.25) is 0 Å². The maximum atomic E-state index is 12.5. The summed E-state index contributed by atoms with van der Waals surface area (Å²) in [4.78, 5) is 24.2. The van der Waals surface area contributed by atoms with Gasteiger partial charge >= 0.3 is 0 Å². The number of benzene rings is 1. The van der Waals surface area contributed by atoms with Gasteiger partial charge in [-0.1, -0.05) is 36.4 Å². The average Bonchev–Trinajstić information content (AvgIpc) is 2.70. The van der Waals surface area contributed by atoms with Crippen molar-refractivity contribution in [2.45, 2.75) is 12.8 Å². The quantitative estimate of drug-likeness (QED) is 0.824. The second kappa shape index (κ2) is 4.19. The van der Waals surface area contributed by atoms with Crippen LogP contribution in [0.1, 0.15) is 12.8 Å². The van der Waals surface area contributed by atoms with Crippen LogP contribution in [0.3, 0.4) is 0 Å². The Morgan fingerprint density at radius 3 is 2.79 bits per heavy atom. The highest BCUT2D eigenvalue weighted by atomic mass is 16.2. The fourth-order valence-electron chi connectivity index (χ4n) is 2.92. The Hall–Kier alpha value is -2.16. The molecule has 0 heterocycles. The third-order valence-corrected chi connectivity index (χ3v) is 4.00. The lowest BCUT2D eigenvalue weighted by atomic mass is 9.79. The largest absolute Gasteiger partial charge is 0.325 e. The van der Waals surface area contributed by atoms with Crippen LogP contribution >= 0.6 is 0 Å². The summed E-state index contributed by atoms with van der Waals surface area (Å²) in [5.74, 6) is -0.150. The van der Waals surface area contributed by atoms with Gasteiger partial charge in [0.1, 0.15) is 0 Å². The molecule has 1 aromatic rings. The Morgan fingerprint density at radius 2 is 2.05 bits per heavy atom. The molecule has 3 nitrogen and oxygen atoms in total. The third-order valence-electron chi connectivity index (χ3n) is 4.00. The zero-order valence-electron chi connectivity index (χ0n) is 10.6. The molecule has 0 radical (unpaired) electrons. The predicted octanol–water partition coefficient (Wildman–Crippen LogP) is 2.72. The summed E-state index contributed by atoms with van der Waals surface area (Å²) in [7, 11) is 0. The molecule has 0 aliphatic heterocycles. The van der Waals surface area contributed by atoms with E-state index >= 15 is 0 Å². The van der Waals surface area contributed by atoms with Gasteiger partial charge in [-0.2, -0.15) is 0 Å². The lowest BCUT2D eigenvalue weighted by molar-refractivity contribution is -0.124. The molecule has 2 aliphatic carbocycles. The molecule has 0 aromatic heterocycles. The van der Waals surface area contributed by atoms with Crippen molar-refractivity contribution in [2.75, 3.05) is 5.32 Å². The first-order valence-corrected chi connectivity index (χ1v) is 6.38. The van der Waals surface area contributed by atoms with Crippen LogP contribution < -0.4 is 5.32 Å². The summed E-state index contributed by atoms with van der Waals surface area (Å²) in [6.07, 6.45) is 4.41. The first-order chi connectivity index (χ1) is 9.11. The van der Waals surface area contributed by atoms with Gasteiger partial charge in [0, 0.05) is 11.6 Å². The van der Waals surface area contributed by atoms with E-state index in [1.165, 1.54) is 6.08 Å². The molecular formula is C16H15NO2. The van der Waals surface area contributed by atoms with Crippen molar-refractivity contribution in [3.8, 4) is 0 Å². The van der Waals surface area contributed by atoms with E-state index in [-0.39, 0.29) is 17.6 Å². The topological polar surface area (TPSA) is 46.2 Å². The van der Waals surface area contributed by atoms with Gasteiger partial charge in [0.15, 0.2) is 5.78 Å². The number of carbonyl (C=O) groups is 2. The lowest BCUT2D eigenvalue weighted by Gasteiger charge is -2.26. The number of para-hydroxylation sites is 1. The van der Waals surface area contributed by atoms with Gasteiger partial charge in [0.25, 0.3) is 0 Å². The Bertz CT molecular complexity index is 588. The molecule has 1 fully saturated rings. The Balaban J connectivity index is 1.86. The highest BCUT2D eigenvalue weighted by Gasteiger charge is 2.49. The van der Waals surface area contributed by atoms with Crippen molar-refractivity contribution < 1.29 is 9.59 Å². The molecule has 0 spiro atoms. The van der Waals surface area contributed by atoms with E-state index in [4.69, 9.17) is 0 Å². The number of allylic oxidation sites excluding steroid dienone is 2. The number of fused-ring (bicyclic) bond motifs is 2. The first kappa shape index (κ1) is 11.9. The highest BCUT2D eigenvalue weighted by Crippen LogP contribution is 2.49. The molecule has 1 saturated carbocycles. The number of rotatable bonds is 2. The van der Waals surface area contributed by atoms with Crippen molar-refractivity contribution >= 4 is 17.4 Å². The van der Waals surface area contributed by atoms with Gasteiger partial charge in [-0.05, 0) is 31.1 Å². The van der Waals surface area contributed by atoms with Crippen LogP contribution in [0.15, 0.2) is 54.6 Å². The second-order valence-corrected chi connectivity index (χ2v) is 5.30. The summed E-state index contributed by atoms with van der Waals surface area (Å²) in [5.41, 5.74) is 1.06. The van der Waals surface area contributed by atoms with Gasteiger partial charge < -0.3 is 5.32 Å². The summed E-state index contributed by atoms with van der Waals surface area (Å²) >= 11 is 0. The molecular weight excluding hydrogens is 238 g/mol. The third kappa shape index (κ3) is 1.91. The number of amides is 1. The number of hydrogen-bond acceptors (Lipinski definition) is 2. The minimum Gasteiger partial charge on any atom is -0.325 e. The smallest absolute Gasteiger partial charge is 0.234 e. The van der Waals surface area contributed by atoms with Crippen LogP contribution in [-0.2, 0) is 9.59 Å². The SMILES string of the molecule is C=C1C[C@@]2(C(=O)Nc3ccccc3)C=CC(=O)[C@@H]1C2. The summed E-state index contributed by atoms with van der Waals surface area (Å²) in [6.45, 7) is 3.94. The minimum atomic E-state index is -0.592. The maximum absolute atomic E-state index is 12.5. The Labute approximate surface area is 112 Å². The number of ketones is 1. The fraction of sp³-hybridized carbons (Fsp3) is 0.250. The monoisotopic (exact) mass is 253 g/mol. The number of carbonyl (C=O) groups excluding carboxylic acids is 2. The molecule has 2 aliphatic rings. The molecule has 1 N–H and O–H groups in total. The first-order valence-electron chi connectivity index (χ1n) is 6.38. The van der Waals surface area contributed by atoms with Gasteiger partial charge in [-0.3, -0.25) is 9.59 Å². The maximum Gasteiger partial charge on any atom is 0.234 e. The van der Waals surface area contributed by atoms with E-state index in [9.17, 15) is 9.59 Å². The number of hydrogen-bond donors (Lipinski definition) is 1. The summed E-state index contributed by atoms with van der Waals surface area (Å²) in [6, 6.07) is 9.37. The molecule has 2 bridgehead atoms. The molecule has 2 atom stereocenters. The highest BCUT2D eigenvalue weighted by molar-refractivity contribution is 6.03. The molecule has 19 heavy (non-hydrogen) atoms. The zero-order chi connectivity index (χ0) is 13.5. The van der Waals surface area contributed by atoms with Crippen molar-refractivity contribution in [2.24, 2.45) is 11.3 Å². The van der Waals surface area contributed by atoms with Crippen LogP contribution in [0, 0.1) is 11.3 Å². The van der Waals surface area contributed by atoms with Gasteiger partial charge in [0.05, 0.1) is 5.41 Å². The van der Waals surface area contributed by atoms with E-state index < -0.39 is 5.41 Å².